The minimum absolute atomic E-state index is 0.100. The summed E-state index contributed by atoms with van der Waals surface area (Å²) < 4.78 is 3.19. The zero-order chi connectivity index (χ0) is 13.0. The number of nitrogen functional groups attached to an aromatic ring is 1. The number of rotatable bonds is 5. The molecule has 0 saturated carbocycles. The van der Waals surface area contributed by atoms with E-state index in [0.717, 1.165) is 5.82 Å². The molecule has 2 aromatic rings. The Kier molecular flexibility index (Phi) is 3.51. The molecule has 0 fully saturated rings. The van der Waals surface area contributed by atoms with Crippen LogP contribution in [0.4, 0.5) is 5.95 Å². The second-order valence-corrected chi connectivity index (χ2v) is 3.76. The molecule has 18 heavy (non-hydrogen) atoms. The standard InChI is InChI=1S/C9H14N8O/c1-16-6-13-14-7(16)2-3-11-8(18)4-17-5-12-9(10)15-17/h5-6H,2-4H2,1H3,(H2,10,15)(H,11,18). The van der Waals surface area contributed by atoms with Gasteiger partial charge in [-0.2, -0.15) is 0 Å². The van der Waals surface area contributed by atoms with E-state index in [9.17, 15) is 4.79 Å². The highest BCUT2D eigenvalue weighted by atomic mass is 16.2. The molecule has 0 spiro atoms. The summed E-state index contributed by atoms with van der Waals surface area (Å²) in [6, 6.07) is 0. The Bertz CT molecular complexity index is 530. The fourth-order valence-corrected chi connectivity index (χ4v) is 1.44. The molecule has 0 saturated heterocycles. The van der Waals surface area contributed by atoms with E-state index < -0.39 is 0 Å². The van der Waals surface area contributed by atoms with Crippen LogP contribution < -0.4 is 11.1 Å². The maximum absolute atomic E-state index is 11.6. The molecule has 9 nitrogen and oxygen atoms in total. The van der Waals surface area contributed by atoms with Gasteiger partial charge in [-0.05, 0) is 0 Å². The number of nitrogens with one attached hydrogen (secondary N) is 1. The van der Waals surface area contributed by atoms with Crippen LogP contribution in [-0.4, -0.2) is 42.0 Å². The Balaban J connectivity index is 1.74. The zero-order valence-corrected chi connectivity index (χ0v) is 9.94. The van der Waals surface area contributed by atoms with Crippen molar-refractivity contribution in [2.45, 2.75) is 13.0 Å². The van der Waals surface area contributed by atoms with E-state index in [0.29, 0.717) is 13.0 Å². The average Bonchev–Trinajstić information content (AvgIpc) is 2.89. The van der Waals surface area contributed by atoms with Gasteiger partial charge in [0.1, 0.15) is 25.0 Å². The van der Waals surface area contributed by atoms with Crippen LogP contribution in [0.1, 0.15) is 5.82 Å². The molecule has 9 heteroatoms. The van der Waals surface area contributed by atoms with Gasteiger partial charge in [-0.1, -0.05) is 0 Å². The maximum Gasteiger partial charge on any atom is 0.241 e. The predicted octanol–water partition coefficient (Wildman–Crippen LogP) is -1.65. The third-order valence-corrected chi connectivity index (χ3v) is 2.34. The molecule has 96 valence electrons. The van der Waals surface area contributed by atoms with Gasteiger partial charge in [0.2, 0.25) is 11.9 Å². The number of nitrogens with two attached hydrogens (primary N) is 1. The summed E-state index contributed by atoms with van der Waals surface area (Å²) in [6.45, 7) is 0.596. The van der Waals surface area contributed by atoms with Crippen molar-refractivity contribution in [3.8, 4) is 0 Å². The summed E-state index contributed by atoms with van der Waals surface area (Å²) in [5, 5.41) is 14.2. The molecule has 0 aliphatic carbocycles. The van der Waals surface area contributed by atoms with Crippen molar-refractivity contribution in [2.75, 3.05) is 12.3 Å². The molecule has 0 aliphatic rings. The van der Waals surface area contributed by atoms with Gasteiger partial charge >= 0.3 is 0 Å². The zero-order valence-electron chi connectivity index (χ0n) is 9.94. The molecule has 0 aromatic carbocycles. The van der Waals surface area contributed by atoms with E-state index >= 15 is 0 Å². The summed E-state index contributed by atoms with van der Waals surface area (Å²) in [4.78, 5) is 15.3. The van der Waals surface area contributed by atoms with Crippen LogP contribution in [0.5, 0.6) is 0 Å². The first kappa shape index (κ1) is 12.0. The summed E-state index contributed by atoms with van der Waals surface area (Å²) in [5.74, 6) is 0.823. The van der Waals surface area contributed by atoms with Crippen LogP contribution in [-0.2, 0) is 24.8 Å². The topological polar surface area (TPSA) is 117 Å². The summed E-state index contributed by atoms with van der Waals surface area (Å²) in [7, 11) is 1.86. The normalized spacial score (nSPS) is 10.5. The van der Waals surface area contributed by atoms with E-state index in [2.05, 4.69) is 25.6 Å². The number of hydrogen-bond donors (Lipinski definition) is 2. The largest absolute Gasteiger partial charge is 0.367 e. The van der Waals surface area contributed by atoms with Crippen molar-refractivity contribution in [3.05, 3.63) is 18.5 Å². The highest BCUT2D eigenvalue weighted by molar-refractivity contribution is 5.75. The lowest BCUT2D eigenvalue weighted by Crippen LogP contribution is -2.30. The van der Waals surface area contributed by atoms with Crippen LogP contribution in [0.25, 0.3) is 0 Å². The first-order valence-electron chi connectivity index (χ1n) is 5.39. The number of aryl methyl sites for hydroxylation is 1. The Labute approximate surface area is 103 Å². The Morgan fingerprint density at radius 1 is 1.50 bits per heavy atom. The van der Waals surface area contributed by atoms with Gasteiger partial charge in [-0.25, -0.2) is 9.67 Å². The van der Waals surface area contributed by atoms with Crippen molar-refractivity contribution in [1.29, 1.82) is 0 Å². The molecule has 2 rings (SSSR count). The van der Waals surface area contributed by atoms with E-state index in [4.69, 9.17) is 5.73 Å². The van der Waals surface area contributed by atoms with Crippen LogP contribution in [0, 0.1) is 0 Å². The van der Waals surface area contributed by atoms with Crippen molar-refractivity contribution >= 4 is 11.9 Å². The Morgan fingerprint density at radius 3 is 2.94 bits per heavy atom. The number of anilines is 1. The van der Waals surface area contributed by atoms with E-state index in [1.54, 1.807) is 6.33 Å². The van der Waals surface area contributed by atoms with Gasteiger partial charge in [0.15, 0.2) is 0 Å². The van der Waals surface area contributed by atoms with Crippen LogP contribution in [0.3, 0.4) is 0 Å². The monoisotopic (exact) mass is 250 g/mol. The first-order chi connectivity index (χ1) is 8.65. The number of amides is 1. The van der Waals surface area contributed by atoms with Gasteiger partial charge in [-0.15, -0.1) is 15.3 Å². The third kappa shape index (κ3) is 3.03. The van der Waals surface area contributed by atoms with Crippen molar-refractivity contribution < 1.29 is 4.79 Å². The fraction of sp³-hybridized carbons (Fsp3) is 0.444. The highest BCUT2D eigenvalue weighted by Gasteiger charge is 2.05. The molecule has 3 N–H and O–H groups in total. The lowest BCUT2D eigenvalue weighted by molar-refractivity contribution is -0.121. The van der Waals surface area contributed by atoms with Crippen molar-refractivity contribution in [3.63, 3.8) is 0 Å². The molecule has 0 radical (unpaired) electrons. The van der Waals surface area contributed by atoms with Crippen molar-refractivity contribution in [1.82, 2.24) is 34.8 Å². The fourth-order valence-electron chi connectivity index (χ4n) is 1.44. The second kappa shape index (κ2) is 5.25. The molecular formula is C9H14N8O. The lowest BCUT2D eigenvalue weighted by Gasteiger charge is -2.04. The quantitative estimate of drug-likeness (QED) is 0.656. The van der Waals surface area contributed by atoms with Crippen LogP contribution >= 0.6 is 0 Å². The smallest absolute Gasteiger partial charge is 0.241 e. The maximum atomic E-state index is 11.6. The number of nitrogens with zero attached hydrogens (tertiary/aromatic N) is 6. The van der Waals surface area contributed by atoms with Gasteiger partial charge in [0.05, 0.1) is 0 Å². The number of hydrogen-bond acceptors (Lipinski definition) is 6. The molecule has 0 bridgehead atoms. The SMILES string of the molecule is Cn1cnnc1CCNC(=O)Cn1cnc(N)n1. The van der Waals surface area contributed by atoms with E-state index in [1.165, 1.54) is 11.0 Å². The number of carbonyl (C=O) groups is 1. The van der Waals surface area contributed by atoms with Gasteiger partial charge in [0.25, 0.3) is 0 Å². The first-order valence-corrected chi connectivity index (χ1v) is 5.39. The van der Waals surface area contributed by atoms with E-state index in [1.807, 2.05) is 11.6 Å². The molecule has 1 amide bonds. The minimum Gasteiger partial charge on any atom is -0.367 e. The number of aromatic nitrogens is 6. The van der Waals surface area contributed by atoms with Gasteiger partial charge in [0, 0.05) is 20.0 Å². The van der Waals surface area contributed by atoms with Gasteiger partial charge < -0.3 is 15.6 Å². The number of carbonyl (C=O) groups excluding carboxylic acids is 1. The molecule has 0 atom stereocenters. The summed E-state index contributed by atoms with van der Waals surface area (Å²) in [5.41, 5.74) is 5.34. The summed E-state index contributed by atoms with van der Waals surface area (Å²) in [6.07, 6.45) is 3.66. The summed E-state index contributed by atoms with van der Waals surface area (Å²) >= 11 is 0. The second-order valence-electron chi connectivity index (χ2n) is 3.76. The molecule has 2 aromatic heterocycles. The van der Waals surface area contributed by atoms with E-state index in [-0.39, 0.29) is 18.4 Å². The Hall–Kier alpha value is -2.45. The lowest BCUT2D eigenvalue weighted by atomic mass is 10.4. The predicted molar refractivity (Wildman–Crippen MR) is 62.2 cm³/mol. The molecule has 0 unspecified atom stereocenters. The minimum atomic E-state index is -0.151. The van der Waals surface area contributed by atoms with Crippen molar-refractivity contribution in [2.24, 2.45) is 7.05 Å². The van der Waals surface area contributed by atoms with Crippen LogP contribution in [0.2, 0.25) is 0 Å². The van der Waals surface area contributed by atoms with Crippen LogP contribution in [0.15, 0.2) is 12.7 Å². The molecule has 0 aliphatic heterocycles. The molecular weight excluding hydrogens is 236 g/mol. The van der Waals surface area contributed by atoms with Gasteiger partial charge in [-0.3, -0.25) is 4.79 Å². The molecule has 2 heterocycles. The average molecular weight is 250 g/mol. The highest BCUT2D eigenvalue weighted by Crippen LogP contribution is 1.92. The Morgan fingerprint density at radius 2 is 2.33 bits per heavy atom. The third-order valence-electron chi connectivity index (χ3n) is 2.34.